The number of nitrogens with zero attached hydrogens (tertiary/aromatic N) is 3. The number of sulfone groups is 1. The second-order valence-electron chi connectivity index (χ2n) is 8.38. The van der Waals surface area contributed by atoms with Crippen LogP contribution in [0.25, 0.3) is 0 Å². The van der Waals surface area contributed by atoms with Crippen molar-refractivity contribution < 1.29 is 48.7 Å². The average Bonchev–Trinajstić information content (AvgIpc) is 3.07. The Morgan fingerprint density at radius 1 is 1.24 bits per heavy atom. The van der Waals surface area contributed by atoms with Gasteiger partial charge in [0, 0.05) is 19.3 Å². The molecule has 3 atom stereocenters. The van der Waals surface area contributed by atoms with Crippen molar-refractivity contribution in [2.24, 2.45) is 5.92 Å². The third kappa shape index (κ3) is 4.32. The van der Waals surface area contributed by atoms with E-state index < -0.39 is 56.8 Å². The Kier molecular flexibility index (Phi) is 5.42. The van der Waals surface area contributed by atoms with Gasteiger partial charge in [0.2, 0.25) is 5.89 Å². The Morgan fingerprint density at radius 3 is 2.47 bits per heavy atom. The van der Waals surface area contributed by atoms with E-state index in [1.54, 1.807) is 0 Å². The number of hydrogen-bond donors (Lipinski definition) is 0. The van der Waals surface area contributed by atoms with E-state index in [9.17, 15) is 39.6 Å². The van der Waals surface area contributed by atoms with Gasteiger partial charge in [-0.1, -0.05) is 0 Å². The van der Waals surface area contributed by atoms with Crippen LogP contribution >= 0.6 is 0 Å². The van der Waals surface area contributed by atoms with Crippen LogP contribution in [0.1, 0.15) is 35.5 Å². The molecule has 1 saturated carbocycles. The summed E-state index contributed by atoms with van der Waals surface area (Å²) in [6, 6.07) is 2.90. The molecule has 1 aromatic heterocycles. The maximum atomic E-state index is 13.2. The summed E-state index contributed by atoms with van der Waals surface area (Å²) in [4.78, 5) is 14.1. The van der Waals surface area contributed by atoms with Crippen LogP contribution in [0.4, 0.5) is 26.3 Å². The minimum atomic E-state index is -4.84. The highest BCUT2D eigenvalue weighted by molar-refractivity contribution is 7.90. The average molecular weight is 513 g/mol. The minimum Gasteiger partial charge on any atom is -0.480 e. The summed E-state index contributed by atoms with van der Waals surface area (Å²) in [5, 5.41) is 6.47. The van der Waals surface area contributed by atoms with Gasteiger partial charge in [-0.3, -0.25) is 4.79 Å². The molecule has 1 aliphatic heterocycles. The predicted octanol–water partition coefficient (Wildman–Crippen LogP) is 3.24. The van der Waals surface area contributed by atoms with Crippen molar-refractivity contribution >= 4 is 15.7 Å². The van der Waals surface area contributed by atoms with Crippen molar-refractivity contribution in [2.45, 2.75) is 42.1 Å². The lowest BCUT2D eigenvalue weighted by Crippen LogP contribution is -2.35. The Hall–Kier alpha value is -2.84. The number of aromatic nitrogens is 2. The molecule has 186 valence electrons. The van der Waals surface area contributed by atoms with E-state index >= 15 is 0 Å². The van der Waals surface area contributed by atoms with Crippen molar-refractivity contribution in [2.75, 3.05) is 19.3 Å². The first-order valence-electron chi connectivity index (χ1n) is 9.80. The van der Waals surface area contributed by atoms with Gasteiger partial charge in [0.15, 0.2) is 15.9 Å². The van der Waals surface area contributed by atoms with Gasteiger partial charge in [-0.2, -0.15) is 26.3 Å². The predicted molar refractivity (Wildman–Crippen MR) is 101 cm³/mol. The molecular formula is C19H17F6N3O5S. The summed E-state index contributed by atoms with van der Waals surface area (Å²) in [6.45, 7) is 0.653. The monoisotopic (exact) mass is 513 g/mol. The highest BCUT2D eigenvalue weighted by Crippen LogP contribution is 2.59. The molecule has 0 N–H and O–H groups in total. The van der Waals surface area contributed by atoms with Crippen molar-refractivity contribution in [3.8, 4) is 5.75 Å². The van der Waals surface area contributed by atoms with E-state index in [-0.39, 0.29) is 29.8 Å². The molecule has 2 aromatic rings. The molecule has 34 heavy (non-hydrogen) atoms. The molecule has 0 radical (unpaired) electrons. The summed E-state index contributed by atoms with van der Waals surface area (Å²) < 4.78 is 111. The zero-order chi connectivity index (χ0) is 25.3. The zero-order valence-corrected chi connectivity index (χ0v) is 18.4. The molecule has 2 aliphatic rings. The maximum absolute atomic E-state index is 13.2. The standard InChI is InChI=1S/C19H17F6N3O5S/c1-9(18(20,21)22)32-13-4-3-11(34(2,30)31)5-12(13)14(29)28-7-10-6-17(10,8-28)15-26-27-16(33-15)19(23,24)25/h3-5,9-10H,6-8H2,1-2H3/t9-,10?,17?/m0/s1. The smallest absolute Gasteiger partial charge is 0.470 e. The van der Waals surface area contributed by atoms with Crippen molar-refractivity contribution in [1.82, 2.24) is 15.1 Å². The summed E-state index contributed by atoms with van der Waals surface area (Å²) in [6.07, 6.45) is -10.6. The van der Waals surface area contributed by atoms with E-state index in [0.29, 0.717) is 6.42 Å². The van der Waals surface area contributed by atoms with Crippen LogP contribution in [0.2, 0.25) is 0 Å². The number of amides is 1. The third-order valence-corrected chi connectivity index (χ3v) is 7.01. The fraction of sp³-hybridized carbons (Fsp3) is 0.526. The van der Waals surface area contributed by atoms with E-state index in [1.165, 1.54) is 4.90 Å². The summed E-state index contributed by atoms with van der Waals surface area (Å²) in [5.74, 6) is -3.42. The summed E-state index contributed by atoms with van der Waals surface area (Å²) >= 11 is 0. The topological polar surface area (TPSA) is 103 Å². The van der Waals surface area contributed by atoms with E-state index in [0.717, 1.165) is 31.4 Å². The van der Waals surface area contributed by atoms with Gasteiger partial charge >= 0.3 is 18.2 Å². The number of alkyl halides is 6. The Labute approximate surface area is 188 Å². The van der Waals surface area contributed by atoms with Crippen molar-refractivity contribution in [3.05, 3.63) is 35.5 Å². The number of piperidine rings is 1. The molecule has 1 amide bonds. The molecule has 0 bridgehead atoms. The van der Waals surface area contributed by atoms with Gasteiger partial charge in [0.25, 0.3) is 5.91 Å². The van der Waals surface area contributed by atoms with Crippen molar-refractivity contribution in [3.63, 3.8) is 0 Å². The van der Waals surface area contributed by atoms with E-state index in [2.05, 4.69) is 10.2 Å². The van der Waals surface area contributed by atoms with Gasteiger partial charge in [-0.25, -0.2) is 8.42 Å². The lowest BCUT2D eigenvalue weighted by Gasteiger charge is -2.24. The summed E-state index contributed by atoms with van der Waals surface area (Å²) in [5.41, 5.74) is -1.42. The number of hydrogen-bond acceptors (Lipinski definition) is 7. The molecule has 4 rings (SSSR count). The Bertz CT molecular complexity index is 1240. The normalized spacial score (nSPS) is 23.5. The van der Waals surface area contributed by atoms with Crippen LogP contribution in [0, 0.1) is 5.92 Å². The fourth-order valence-electron chi connectivity index (χ4n) is 3.95. The van der Waals surface area contributed by atoms with Crippen LogP contribution < -0.4 is 4.74 Å². The molecule has 0 spiro atoms. The van der Waals surface area contributed by atoms with Crippen molar-refractivity contribution in [1.29, 1.82) is 0 Å². The molecule has 2 fully saturated rings. The first-order chi connectivity index (χ1) is 15.5. The van der Waals surface area contributed by atoms with Crippen LogP contribution in [-0.4, -0.2) is 61.0 Å². The number of ether oxygens (including phenoxy) is 1. The molecule has 15 heteroatoms. The van der Waals surface area contributed by atoms with Crippen LogP contribution in [0.3, 0.4) is 0 Å². The molecule has 2 unspecified atom stereocenters. The molecule has 1 aliphatic carbocycles. The number of carbonyl (C=O) groups is 1. The second-order valence-corrected chi connectivity index (χ2v) is 10.4. The lowest BCUT2D eigenvalue weighted by atomic mass is 10.1. The minimum absolute atomic E-state index is 0.0555. The molecule has 2 heterocycles. The van der Waals surface area contributed by atoms with Crippen LogP contribution in [0.5, 0.6) is 5.75 Å². The molecular weight excluding hydrogens is 496 g/mol. The number of likely N-dealkylation sites (tertiary alicyclic amines) is 1. The zero-order valence-electron chi connectivity index (χ0n) is 17.6. The van der Waals surface area contributed by atoms with Gasteiger partial charge in [-0.05, 0) is 37.5 Å². The van der Waals surface area contributed by atoms with Gasteiger partial charge in [-0.15, -0.1) is 10.2 Å². The fourth-order valence-corrected chi connectivity index (χ4v) is 4.59. The number of rotatable bonds is 5. The van der Waals surface area contributed by atoms with E-state index in [4.69, 9.17) is 9.15 Å². The highest BCUT2D eigenvalue weighted by Gasteiger charge is 2.65. The van der Waals surface area contributed by atoms with Crippen LogP contribution in [-0.2, 0) is 21.4 Å². The molecule has 1 aromatic carbocycles. The quantitative estimate of drug-likeness (QED) is 0.566. The first kappa shape index (κ1) is 24.3. The molecule has 1 saturated heterocycles. The molecule has 8 nitrogen and oxygen atoms in total. The maximum Gasteiger partial charge on any atom is 0.470 e. The Balaban J connectivity index is 1.63. The van der Waals surface area contributed by atoms with Gasteiger partial charge in [0.05, 0.1) is 15.9 Å². The van der Waals surface area contributed by atoms with Crippen LogP contribution in [0.15, 0.2) is 27.5 Å². The van der Waals surface area contributed by atoms with Gasteiger partial charge in [0.1, 0.15) is 5.75 Å². The number of carbonyl (C=O) groups excluding carboxylic acids is 1. The second kappa shape index (κ2) is 7.58. The largest absolute Gasteiger partial charge is 0.480 e. The number of fused-ring (bicyclic) bond motifs is 1. The van der Waals surface area contributed by atoms with Gasteiger partial charge < -0.3 is 14.1 Å². The first-order valence-corrected chi connectivity index (χ1v) is 11.7. The Morgan fingerprint density at radius 2 is 1.91 bits per heavy atom. The van der Waals surface area contributed by atoms with E-state index in [1.807, 2.05) is 0 Å². The number of halogens is 6. The summed E-state index contributed by atoms with van der Waals surface area (Å²) in [7, 11) is -3.81. The number of benzene rings is 1. The SMILES string of the molecule is C[C@H](Oc1ccc(S(C)(=O)=O)cc1C(=O)N1CC2CC2(c2nnc(C(F)(F)F)o2)C1)C(F)(F)F. The highest BCUT2D eigenvalue weighted by atomic mass is 32.2. The third-order valence-electron chi connectivity index (χ3n) is 5.90. The lowest BCUT2D eigenvalue weighted by molar-refractivity contribution is -0.189.